The van der Waals surface area contributed by atoms with Crippen LogP contribution < -0.4 is 0 Å². The molecule has 2 aromatic heterocycles. The molecule has 3 aromatic rings. The minimum atomic E-state index is -0.973. The molecule has 0 aliphatic carbocycles. The number of hydrogen-bond acceptors (Lipinski definition) is 4. The molecule has 0 saturated heterocycles. The van der Waals surface area contributed by atoms with Crippen molar-refractivity contribution in [3.8, 4) is 0 Å². The highest BCUT2D eigenvalue weighted by atomic mass is 35.5. The second-order valence-corrected chi connectivity index (χ2v) is 6.11. The molecule has 20 heavy (non-hydrogen) atoms. The van der Waals surface area contributed by atoms with Gasteiger partial charge in [-0.15, -0.1) is 16.4 Å². The van der Waals surface area contributed by atoms with Gasteiger partial charge in [-0.1, -0.05) is 16.8 Å². The first-order chi connectivity index (χ1) is 9.56. The van der Waals surface area contributed by atoms with E-state index in [9.17, 15) is 4.79 Å². The molecule has 1 N–H and O–H groups in total. The number of carboxylic acids is 1. The van der Waals surface area contributed by atoms with Crippen molar-refractivity contribution in [2.45, 2.75) is 13.0 Å². The van der Waals surface area contributed by atoms with Crippen LogP contribution in [0.3, 0.4) is 0 Å². The SMILES string of the molecule is CC(c1ccc(Cl)s1)n1nnc2cc(C(=O)O)ccc21. The Morgan fingerprint density at radius 1 is 1.40 bits per heavy atom. The number of benzene rings is 1. The monoisotopic (exact) mass is 307 g/mol. The molecule has 1 unspecified atom stereocenters. The molecule has 0 fully saturated rings. The van der Waals surface area contributed by atoms with Gasteiger partial charge in [0, 0.05) is 4.88 Å². The molecule has 1 aromatic carbocycles. The molecule has 2 heterocycles. The van der Waals surface area contributed by atoms with Crippen LogP contribution in [0.4, 0.5) is 0 Å². The van der Waals surface area contributed by atoms with E-state index < -0.39 is 5.97 Å². The van der Waals surface area contributed by atoms with Gasteiger partial charge in [-0.05, 0) is 37.3 Å². The largest absolute Gasteiger partial charge is 0.478 e. The first kappa shape index (κ1) is 13.1. The first-order valence-corrected chi connectivity index (χ1v) is 7.09. The third-order valence-corrected chi connectivity index (χ3v) is 4.49. The summed E-state index contributed by atoms with van der Waals surface area (Å²) in [6.07, 6.45) is 0. The Kier molecular flexibility index (Phi) is 3.19. The highest BCUT2D eigenvalue weighted by Crippen LogP contribution is 2.30. The van der Waals surface area contributed by atoms with Crippen molar-refractivity contribution in [1.29, 1.82) is 0 Å². The van der Waals surface area contributed by atoms with E-state index in [2.05, 4.69) is 10.3 Å². The van der Waals surface area contributed by atoms with E-state index in [1.807, 2.05) is 19.1 Å². The van der Waals surface area contributed by atoms with Crippen molar-refractivity contribution < 1.29 is 9.90 Å². The van der Waals surface area contributed by atoms with Gasteiger partial charge in [0.1, 0.15) is 5.52 Å². The Labute approximate surface area is 123 Å². The summed E-state index contributed by atoms with van der Waals surface area (Å²) in [5.41, 5.74) is 1.57. The maximum Gasteiger partial charge on any atom is 0.335 e. The number of aromatic nitrogens is 3. The van der Waals surface area contributed by atoms with E-state index >= 15 is 0 Å². The topological polar surface area (TPSA) is 68.0 Å². The molecule has 0 aliphatic rings. The quantitative estimate of drug-likeness (QED) is 0.804. The third-order valence-electron chi connectivity index (χ3n) is 3.09. The molecule has 102 valence electrons. The molecule has 0 saturated carbocycles. The Hall–Kier alpha value is -1.92. The summed E-state index contributed by atoms with van der Waals surface area (Å²) in [4.78, 5) is 12.0. The van der Waals surface area contributed by atoms with Gasteiger partial charge in [0.25, 0.3) is 0 Å². The molecular formula is C13H10ClN3O2S. The van der Waals surface area contributed by atoms with Crippen LogP contribution in [-0.4, -0.2) is 26.1 Å². The summed E-state index contributed by atoms with van der Waals surface area (Å²) in [7, 11) is 0. The third kappa shape index (κ3) is 2.17. The summed E-state index contributed by atoms with van der Waals surface area (Å²) in [6, 6.07) is 8.60. The predicted molar refractivity (Wildman–Crippen MR) is 77.6 cm³/mol. The summed E-state index contributed by atoms with van der Waals surface area (Å²) < 4.78 is 2.49. The van der Waals surface area contributed by atoms with Crippen LogP contribution >= 0.6 is 22.9 Å². The zero-order valence-corrected chi connectivity index (χ0v) is 12.0. The predicted octanol–water partition coefficient (Wildman–Crippen LogP) is 3.45. The normalized spacial score (nSPS) is 12.7. The Morgan fingerprint density at radius 3 is 2.85 bits per heavy atom. The fourth-order valence-electron chi connectivity index (χ4n) is 2.03. The van der Waals surface area contributed by atoms with Gasteiger partial charge >= 0.3 is 5.97 Å². The Bertz CT molecular complexity index is 796. The lowest BCUT2D eigenvalue weighted by molar-refractivity contribution is 0.0697. The van der Waals surface area contributed by atoms with Gasteiger partial charge in [0.15, 0.2) is 0 Å². The zero-order chi connectivity index (χ0) is 14.3. The van der Waals surface area contributed by atoms with Gasteiger partial charge < -0.3 is 5.11 Å². The van der Waals surface area contributed by atoms with Gasteiger partial charge in [0.05, 0.1) is 21.5 Å². The van der Waals surface area contributed by atoms with Gasteiger partial charge in [0.2, 0.25) is 0 Å². The lowest BCUT2D eigenvalue weighted by atomic mass is 10.2. The molecule has 5 nitrogen and oxygen atoms in total. The van der Waals surface area contributed by atoms with Crippen LogP contribution in [-0.2, 0) is 0 Å². The molecule has 3 rings (SSSR count). The average Bonchev–Trinajstić information content (AvgIpc) is 3.03. The second-order valence-electron chi connectivity index (χ2n) is 4.36. The fourth-order valence-corrected chi connectivity index (χ4v) is 3.13. The van der Waals surface area contributed by atoms with Crippen molar-refractivity contribution in [3.05, 3.63) is 45.1 Å². The summed E-state index contributed by atoms with van der Waals surface area (Å²) in [5.74, 6) is -0.973. The maximum atomic E-state index is 10.9. The molecule has 0 bridgehead atoms. The number of thiophene rings is 1. The zero-order valence-electron chi connectivity index (χ0n) is 10.4. The molecule has 0 spiro atoms. The van der Waals surface area contributed by atoms with Crippen molar-refractivity contribution in [2.24, 2.45) is 0 Å². The minimum absolute atomic E-state index is 0.00632. The number of rotatable bonds is 3. The summed E-state index contributed by atoms with van der Waals surface area (Å²) >= 11 is 7.44. The van der Waals surface area contributed by atoms with Crippen molar-refractivity contribution in [2.75, 3.05) is 0 Å². The number of carbonyl (C=O) groups is 1. The van der Waals surface area contributed by atoms with Crippen LogP contribution in [0.25, 0.3) is 11.0 Å². The molecule has 0 aliphatic heterocycles. The van der Waals surface area contributed by atoms with E-state index in [0.29, 0.717) is 5.52 Å². The van der Waals surface area contributed by atoms with Gasteiger partial charge in [-0.3, -0.25) is 0 Å². The minimum Gasteiger partial charge on any atom is -0.478 e. The molecule has 0 amide bonds. The van der Waals surface area contributed by atoms with E-state index in [4.69, 9.17) is 16.7 Å². The molecule has 0 radical (unpaired) electrons. The van der Waals surface area contributed by atoms with Crippen LogP contribution in [0.5, 0.6) is 0 Å². The summed E-state index contributed by atoms with van der Waals surface area (Å²) in [6.45, 7) is 2.00. The number of carboxylic acid groups (broad SMARTS) is 1. The number of fused-ring (bicyclic) bond motifs is 1. The van der Waals surface area contributed by atoms with Crippen molar-refractivity contribution in [1.82, 2.24) is 15.0 Å². The number of aromatic carboxylic acids is 1. The van der Waals surface area contributed by atoms with Gasteiger partial charge in [-0.2, -0.15) is 0 Å². The maximum absolute atomic E-state index is 10.9. The van der Waals surface area contributed by atoms with Crippen molar-refractivity contribution >= 4 is 39.9 Å². The molecule has 1 atom stereocenters. The van der Waals surface area contributed by atoms with E-state index in [1.54, 1.807) is 16.8 Å². The number of halogens is 1. The number of hydrogen-bond donors (Lipinski definition) is 1. The van der Waals surface area contributed by atoms with E-state index in [-0.39, 0.29) is 11.6 Å². The highest BCUT2D eigenvalue weighted by Gasteiger charge is 2.16. The van der Waals surface area contributed by atoms with Crippen LogP contribution in [0.2, 0.25) is 4.34 Å². The first-order valence-electron chi connectivity index (χ1n) is 5.90. The Balaban J connectivity index is 2.06. The van der Waals surface area contributed by atoms with Crippen molar-refractivity contribution in [3.63, 3.8) is 0 Å². The Morgan fingerprint density at radius 2 is 2.20 bits per heavy atom. The highest BCUT2D eigenvalue weighted by molar-refractivity contribution is 7.16. The van der Waals surface area contributed by atoms with Crippen LogP contribution in [0, 0.1) is 0 Å². The molecule has 7 heteroatoms. The van der Waals surface area contributed by atoms with Gasteiger partial charge in [-0.25, -0.2) is 9.48 Å². The average molecular weight is 308 g/mol. The summed E-state index contributed by atoms with van der Waals surface area (Å²) in [5, 5.41) is 17.1. The van der Waals surface area contributed by atoms with Crippen LogP contribution in [0.1, 0.15) is 28.2 Å². The van der Waals surface area contributed by atoms with E-state index in [0.717, 1.165) is 14.7 Å². The standard InChI is InChI=1S/C13H10ClN3O2S/c1-7(11-4-5-12(14)20-11)17-10-3-2-8(13(18)19)6-9(10)15-16-17/h2-7H,1H3,(H,18,19). The van der Waals surface area contributed by atoms with E-state index in [1.165, 1.54) is 17.4 Å². The fraction of sp³-hybridized carbons (Fsp3) is 0.154. The number of nitrogens with zero attached hydrogens (tertiary/aromatic N) is 3. The lowest BCUT2D eigenvalue weighted by Crippen LogP contribution is -2.07. The lowest BCUT2D eigenvalue weighted by Gasteiger charge is -2.10. The second kappa shape index (κ2) is 4.88. The van der Waals surface area contributed by atoms with Crippen LogP contribution in [0.15, 0.2) is 30.3 Å². The molecular weight excluding hydrogens is 298 g/mol. The smallest absolute Gasteiger partial charge is 0.335 e.